The molecule has 72 valence electrons. The van der Waals surface area contributed by atoms with Crippen molar-refractivity contribution in [2.75, 3.05) is 11.9 Å². The van der Waals surface area contributed by atoms with Gasteiger partial charge in [-0.2, -0.15) is 0 Å². The molecule has 0 aromatic carbocycles. The normalized spacial score (nSPS) is 9.92. The Kier molecular flexibility index (Phi) is 3.70. The maximum absolute atomic E-state index is 10.6. The monoisotopic (exact) mass is 200 g/mol. The lowest BCUT2D eigenvalue weighted by atomic mass is 10.3. The van der Waals surface area contributed by atoms with Gasteiger partial charge in [0.15, 0.2) is 5.69 Å². The van der Waals surface area contributed by atoms with Gasteiger partial charge in [0.25, 0.3) is 0 Å². The number of hydrogen-bond acceptors (Lipinski definition) is 4. The molecule has 1 aromatic rings. The Hall–Kier alpha value is -1.10. The van der Waals surface area contributed by atoms with Crippen LogP contribution in [0.5, 0.6) is 0 Å². The molecule has 13 heavy (non-hydrogen) atoms. The predicted molar refractivity (Wildman–Crippen MR) is 52.5 cm³/mol. The average Bonchev–Trinajstić information content (AvgIpc) is 2.53. The summed E-state index contributed by atoms with van der Waals surface area (Å²) in [6, 6.07) is 0. The van der Waals surface area contributed by atoms with Gasteiger partial charge in [-0.05, 0) is 6.42 Å². The molecule has 1 heterocycles. The molecule has 0 atom stereocenters. The number of nitrogens with zero attached hydrogens (tertiary/aromatic N) is 1. The van der Waals surface area contributed by atoms with Gasteiger partial charge in [0, 0.05) is 6.54 Å². The lowest BCUT2D eigenvalue weighted by Gasteiger charge is -2.01. The van der Waals surface area contributed by atoms with Gasteiger partial charge < -0.3 is 10.4 Å². The van der Waals surface area contributed by atoms with Gasteiger partial charge >= 0.3 is 5.97 Å². The van der Waals surface area contributed by atoms with E-state index in [1.807, 2.05) is 0 Å². The largest absolute Gasteiger partial charge is 0.476 e. The molecule has 0 saturated carbocycles. The first-order chi connectivity index (χ1) is 6.25. The average molecular weight is 200 g/mol. The van der Waals surface area contributed by atoms with Crippen LogP contribution in [0.3, 0.4) is 0 Å². The van der Waals surface area contributed by atoms with Crippen LogP contribution >= 0.6 is 11.3 Å². The molecule has 0 saturated heterocycles. The smallest absolute Gasteiger partial charge is 0.357 e. The Labute approximate surface area is 80.6 Å². The van der Waals surface area contributed by atoms with E-state index in [0.717, 1.165) is 19.4 Å². The highest BCUT2D eigenvalue weighted by Gasteiger charge is 2.12. The number of carboxylic acid groups (broad SMARTS) is 1. The van der Waals surface area contributed by atoms with E-state index in [1.54, 1.807) is 0 Å². The second-order valence-electron chi connectivity index (χ2n) is 2.62. The van der Waals surface area contributed by atoms with E-state index in [9.17, 15) is 4.79 Å². The second-order valence-corrected chi connectivity index (χ2v) is 3.47. The van der Waals surface area contributed by atoms with Crippen LogP contribution in [0.15, 0.2) is 5.51 Å². The molecule has 0 aliphatic carbocycles. The zero-order valence-corrected chi connectivity index (χ0v) is 8.23. The zero-order valence-electron chi connectivity index (χ0n) is 7.41. The van der Waals surface area contributed by atoms with Crippen molar-refractivity contribution in [1.82, 2.24) is 4.98 Å². The van der Waals surface area contributed by atoms with Gasteiger partial charge in [-0.15, -0.1) is 11.3 Å². The van der Waals surface area contributed by atoms with E-state index in [2.05, 4.69) is 17.2 Å². The summed E-state index contributed by atoms with van der Waals surface area (Å²) < 4.78 is 0. The first-order valence-electron chi connectivity index (χ1n) is 4.16. The Morgan fingerprint density at radius 1 is 1.77 bits per heavy atom. The van der Waals surface area contributed by atoms with E-state index in [4.69, 9.17) is 5.11 Å². The fourth-order valence-electron chi connectivity index (χ4n) is 0.903. The van der Waals surface area contributed by atoms with Crippen molar-refractivity contribution in [3.63, 3.8) is 0 Å². The van der Waals surface area contributed by atoms with Crippen molar-refractivity contribution < 1.29 is 9.90 Å². The van der Waals surface area contributed by atoms with Gasteiger partial charge in [0.2, 0.25) is 0 Å². The molecular formula is C8H12N2O2S. The van der Waals surface area contributed by atoms with Crippen molar-refractivity contribution in [3.05, 3.63) is 11.2 Å². The molecule has 0 bridgehead atoms. The highest BCUT2D eigenvalue weighted by Crippen LogP contribution is 2.19. The minimum absolute atomic E-state index is 0.126. The fourth-order valence-corrected chi connectivity index (χ4v) is 1.60. The third kappa shape index (κ3) is 2.69. The van der Waals surface area contributed by atoms with Crippen LogP contribution in [0.1, 0.15) is 30.3 Å². The van der Waals surface area contributed by atoms with Crippen molar-refractivity contribution in [2.24, 2.45) is 0 Å². The van der Waals surface area contributed by atoms with Crippen LogP contribution in [0.25, 0.3) is 0 Å². The lowest BCUT2D eigenvalue weighted by molar-refractivity contribution is 0.0692. The van der Waals surface area contributed by atoms with E-state index in [1.165, 1.54) is 16.8 Å². The van der Waals surface area contributed by atoms with Crippen molar-refractivity contribution in [3.8, 4) is 0 Å². The molecule has 1 aromatic heterocycles. The molecule has 0 aliphatic heterocycles. The number of hydrogen-bond donors (Lipinski definition) is 2. The molecule has 2 N–H and O–H groups in total. The maximum Gasteiger partial charge on any atom is 0.357 e. The standard InChI is InChI=1S/C8H12N2O2S/c1-2-3-4-9-7-6(8(11)12)10-5-13-7/h5,9H,2-4H2,1H3,(H,11,12). The van der Waals surface area contributed by atoms with Gasteiger partial charge in [0.05, 0.1) is 5.51 Å². The summed E-state index contributed by atoms with van der Waals surface area (Å²) in [5.41, 5.74) is 1.67. The third-order valence-corrected chi connectivity index (χ3v) is 2.37. The number of thiazole rings is 1. The topological polar surface area (TPSA) is 62.2 Å². The SMILES string of the molecule is CCCCNc1scnc1C(=O)O. The Bertz CT molecular complexity index is 285. The molecule has 1 rings (SSSR count). The Balaban J connectivity index is 2.55. The number of unbranched alkanes of at least 4 members (excludes halogenated alkanes) is 1. The molecule has 5 heteroatoms. The third-order valence-electron chi connectivity index (χ3n) is 1.59. The minimum Gasteiger partial charge on any atom is -0.476 e. The van der Waals surface area contributed by atoms with Crippen LogP contribution in [-0.2, 0) is 0 Å². The minimum atomic E-state index is -0.972. The highest BCUT2D eigenvalue weighted by atomic mass is 32.1. The van der Waals surface area contributed by atoms with E-state index in [0.29, 0.717) is 5.00 Å². The van der Waals surface area contributed by atoms with Crippen molar-refractivity contribution in [2.45, 2.75) is 19.8 Å². The Morgan fingerprint density at radius 3 is 3.15 bits per heavy atom. The van der Waals surface area contributed by atoms with Gasteiger partial charge in [0.1, 0.15) is 5.00 Å². The molecule has 0 spiro atoms. The lowest BCUT2D eigenvalue weighted by Crippen LogP contribution is -2.05. The summed E-state index contributed by atoms with van der Waals surface area (Å²) in [7, 11) is 0. The summed E-state index contributed by atoms with van der Waals surface area (Å²) >= 11 is 1.33. The van der Waals surface area contributed by atoms with Gasteiger partial charge in [-0.25, -0.2) is 9.78 Å². The van der Waals surface area contributed by atoms with E-state index in [-0.39, 0.29) is 5.69 Å². The van der Waals surface area contributed by atoms with E-state index < -0.39 is 5.97 Å². The van der Waals surface area contributed by atoms with Crippen LogP contribution in [0.4, 0.5) is 5.00 Å². The highest BCUT2D eigenvalue weighted by molar-refractivity contribution is 7.14. The molecule has 0 radical (unpaired) electrons. The quantitative estimate of drug-likeness (QED) is 0.714. The summed E-state index contributed by atoms with van der Waals surface area (Å²) in [5.74, 6) is -0.972. The van der Waals surface area contributed by atoms with Crippen LogP contribution < -0.4 is 5.32 Å². The fraction of sp³-hybridized carbons (Fsp3) is 0.500. The number of nitrogens with one attached hydrogen (secondary N) is 1. The zero-order chi connectivity index (χ0) is 9.68. The Morgan fingerprint density at radius 2 is 2.54 bits per heavy atom. The van der Waals surface area contributed by atoms with Crippen molar-refractivity contribution in [1.29, 1.82) is 0 Å². The molecule has 0 fully saturated rings. The van der Waals surface area contributed by atoms with Crippen LogP contribution in [-0.4, -0.2) is 22.6 Å². The molecule has 0 amide bonds. The second kappa shape index (κ2) is 4.81. The summed E-state index contributed by atoms with van der Waals surface area (Å²) in [6.07, 6.45) is 2.13. The maximum atomic E-state index is 10.6. The molecule has 0 unspecified atom stereocenters. The number of rotatable bonds is 5. The number of carboxylic acids is 1. The van der Waals surface area contributed by atoms with Crippen LogP contribution in [0, 0.1) is 0 Å². The number of carbonyl (C=O) groups is 1. The summed E-state index contributed by atoms with van der Waals surface area (Å²) in [5, 5.41) is 12.4. The first-order valence-corrected chi connectivity index (χ1v) is 5.04. The van der Waals surface area contributed by atoms with Gasteiger partial charge in [-0.3, -0.25) is 0 Å². The first kappa shape index (κ1) is 9.98. The summed E-state index contributed by atoms with van der Waals surface area (Å²) in [4.78, 5) is 14.4. The van der Waals surface area contributed by atoms with E-state index >= 15 is 0 Å². The molecule has 4 nitrogen and oxygen atoms in total. The number of aromatic carboxylic acids is 1. The van der Waals surface area contributed by atoms with Crippen molar-refractivity contribution >= 4 is 22.3 Å². The molecule has 0 aliphatic rings. The molecular weight excluding hydrogens is 188 g/mol. The number of aromatic nitrogens is 1. The predicted octanol–water partition coefficient (Wildman–Crippen LogP) is 2.05. The summed E-state index contributed by atoms with van der Waals surface area (Å²) in [6.45, 7) is 2.89. The van der Waals surface area contributed by atoms with Gasteiger partial charge in [-0.1, -0.05) is 13.3 Å². The number of anilines is 1. The van der Waals surface area contributed by atoms with Crippen LogP contribution in [0.2, 0.25) is 0 Å².